The fourth-order valence-electron chi connectivity index (χ4n) is 1.32. The molecule has 0 aromatic heterocycles. The molecule has 1 aliphatic rings. The predicted octanol–water partition coefficient (Wildman–Crippen LogP) is -0.337. The van der Waals surface area contributed by atoms with Crippen LogP contribution in [0, 0.1) is 5.92 Å². The molecule has 5 nitrogen and oxygen atoms in total. The highest BCUT2D eigenvalue weighted by atomic mass is 32.2. The van der Waals surface area contributed by atoms with E-state index in [4.69, 9.17) is 5.73 Å². The fraction of sp³-hybridized carbons (Fsp3) is 0.900. The van der Waals surface area contributed by atoms with E-state index in [1.54, 1.807) is 6.92 Å². The van der Waals surface area contributed by atoms with E-state index in [9.17, 15) is 13.2 Å². The maximum Gasteiger partial charge on any atom is 0.238 e. The van der Waals surface area contributed by atoms with E-state index < -0.39 is 15.1 Å². The van der Waals surface area contributed by atoms with E-state index in [2.05, 4.69) is 5.32 Å². The Morgan fingerprint density at radius 2 is 2.00 bits per heavy atom. The molecule has 2 unspecified atom stereocenters. The second-order valence-corrected chi connectivity index (χ2v) is 6.96. The third kappa shape index (κ3) is 3.75. The Labute approximate surface area is 96.7 Å². The van der Waals surface area contributed by atoms with Gasteiger partial charge in [-0.3, -0.25) is 4.79 Å². The largest absolute Gasteiger partial charge is 0.352 e. The Hall–Kier alpha value is -0.620. The van der Waals surface area contributed by atoms with Crippen LogP contribution in [0.5, 0.6) is 0 Å². The van der Waals surface area contributed by atoms with Crippen LogP contribution in [-0.4, -0.2) is 37.9 Å². The summed E-state index contributed by atoms with van der Waals surface area (Å²) in [6.45, 7) is 3.52. The maximum absolute atomic E-state index is 11.8. The zero-order chi connectivity index (χ0) is 12.3. The highest BCUT2D eigenvalue weighted by molar-refractivity contribution is 7.92. The number of hydrogen-bond acceptors (Lipinski definition) is 4. The quantitative estimate of drug-likeness (QED) is 0.673. The Bertz CT molecular complexity index is 349. The van der Waals surface area contributed by atoms with Gasteiger partial charge in [-0.25, -0.2) is 8.42 Å². The van der Waals surface area contributed by atoms with Crippen molar-refractivity contribution in [2.24, 2.45) is 11.7 Å². The molecule has 2 atom stereocenters. The first-order valence-electron chi connectivity index (χ1n) is 5.59. The van der Waals surface area contributed by atoms with Crippen molar-refractivity contribution in [2.75, 3.05) is 12.3 Å². The second kappa shape index (κ2) is 5.14. The molecule has 0 heterocycles. The van der Waals surface area contributed by atoms with Gasteiger partial charge in [-0.2, -0.15) is 0 Å². The van der Waals surface area contributed by atoms with Gasteiger partial charge in [-0.1, -0.05) is 6.92 Å². The number of carbonyl (C=O) groups excluding carboxylic acids is 1. The van der Waals surface area contributed by atoms with Crippen molar-refractivity contribution >= 4 is 15.7 Å². The minimum Gasteiger partial charge on any atom is -0.352 e. The maximum atomic E-state index is 11.8. The smallest absolute Gasteiger partial charge is 0.238 e. The Morgan fingerprint density at radius 1 is 1.44 bits per heavy atom. The Morgan fingerprint density at radius 3 is 2.44 bits per heavy atom. The minimum absolute atomic E-state index is 0.0250. The number of amides is 1. The van der Waals surface area contributed by atoms with Gasteiger partial charge in [0.15, 0.2) is 9.84 Å². The molecule has 6 heteroatoms. The molecule has 1 fully saturated rings. The van der Waals surface area contributed by atoms with E-state index in [0.717, 1.165) is 12.8 Å². The molecule has 3 N–H and O–H groups in total. The molecule has 1 rings (SSSR count). The minimum atomic E-state index is -3.38. The van der Waals surface area contributed by atoms with E-state index >= 15 is 0 Å². The molecule has 1 amide bonds. The molecule has 16 heavy (non-hydrogen) atoms. The Balaban J connectivity index is 2.55. The van der Waals surface area contributed by atoms with Gasteiger partial charge < -0.3 is 11.1 Å². The average Bonchev–Trinajstić information content (AvgIpc) is 2.99. The normalized spacial score (nSPS) is 20.2. The number of nitrogens with two attached hydrogens (primary N) is 1. The summed E-state index contributed by atoms with van der Waals surface area (Å²) >= 11 is 0. The van der Waals surface area contributed by atoms with Gasteiger partial charge in [0.25, 0.3) is 0 Å². The molecule has 1 saturated carbocycles. The fourth-order valence-corrected chi connectivity index (χ4v) is 2.93. The number of sulfone groups is 1. The molecule has 94 valence electrons. The first-order chi connectivity index (χ1) is 7.36. The predicted molar refractivity (Wildman–Crippen MR) is 62.6 cm³/mol. The molecule has 0 spiro atoms. The van der Waals surface area contributed by atoms with Crippen LogP contribution in [-0.2, 0) is 14.6 Å². The van der Waals surface area contributed by atoms with Crippen molar-refractivity contribution in [3.63, 3.8) is 0 Å². The first kappa shape index (κ1) is 13.4. The summed E-state index contributed by atoms with van der Waals surface area (Å²) in [5.41, 5.74) is 5.38. The summed E-state index contributed by atoms with van der Waals surface area (Å²) in [6.07, 6.45) is 1.91. The number of nitrogens with one attached hydrogen (secondary N) is 1. The lowest BCUT2D eigenvalue weighted by molar-refractivity contribution is -0.120. The summed E-state index contributed by atoms with van der Waals surface area (Å²) < 4.78 is 23.7. The van der Waals surface area contributed by atoms with Gasteiger partial charge in [0, 0.05) is 6.04 Å². The zero-order valence-electron chi connectivity index (χ0n) is 9.77. The summed E-state index contributed by atoms with van der Waals surface area (Å²) in [5, 5.41) is 1.73. The molecular formula is C10H20N2O3S. The van der Waals surface area contributed by atoms with Crippen molar-refractivity contribution in [1.29, 1.82) is 0 Å². The molecule has 1 aliphatic carbocycles. The standard InChI is InChI=1S/C10H20N2O3S/c1-7(5-11)6-16(14,15)8(2)10(13)12-9-3-4-9/h7-9H,3-6,11H2,1-2H3,(H,12,13). The van der Waals surface area contributed by atoms with Crippen LogP contribution >= 0.6 is 0 Å². The van der Waals surface area contributed by atoms with Crippen molar-refractivity contribution in [2.45, 2.75) is 38.0 Å². The van der Waals surface area contributed by atoms with Crippen molar-refractivity contribution in [3.05, 3.63) is 0 Å². The van der Waals surface area contributed by atoms with E-state index in [-0.39, 0.29) is 23.6 Å². The number of hydrogen-bond donors (Lipinski definition) is 2. The van der Waals surface area contributed by atoms with Crippen LogP contribution in [0.2, 0.25) is 0 Å². The Kier molecular flexibility index (Phi) is 4.32. The summed E-state index contributed by atoms with van der Waals surface area (Å²) in [4.78, 5) is 11.6. The molecule has 0 saturated heterocycles. The lowest BCUT2D eigenvalue weighted by Crippen LogP contribution is -2.41. The van der Waals surface area contributed by atoms with E-state index in [0.29, 0.717) is 6.54 Å². The number of rotatable bonds is 6. The van der Waals surface area contributed by atoms with Crippen molar-refractivity contribution < 1.29 is 13.2 Å². The van der Waals surface area contributed by atoms with Gasteiger partial charge in [-0.05, 0) is 32.2 Å². The van der Waals surface area contributed by atoms with Crippen molar-refractivity contribution in [1.82, 2.24) is 5.32 Å². The topological polar surface area (TPSA) is 89.3 Å². The van der Waals surface area contributed by atoms with Crippen LogP contribution in [0.25, 0.3) is 0 Å². The van der Waals surface area contributed by atoms with Crippen LogP contribution in [0.15, 0.2) is 0 Å². The van der Waals surface area contributed by atoms with Crippen LogP contribution < -0.4 is 11.1 Å². The van der Waals surface area contributed by atoms with Crippen LogP contribution in [0.1, 0.15) is 26.7 Å². The second-order valence-electron chi connectivity index (χ2n) is 4.60. The van der Waals surface area contributed by atoms with Crippen molar-refractivity contribution in [3.8, 4) is 0 Å². The molecule has 0 bridgehead atoms. The van der Waals surface area contributed by atoms with Gasteiger partial charge in [0.2, 0.25) is 5.91 Å². The lowest BCUT2D eigenvalue weighted by atomic mass is 10.2. The summed E-state index contributed by atoms with van der Waals surface area (Å²) in [6, 6.07) is 0.192. The number of carbonyl (C=O) groups is 1. The van der Waals surface area contributed by atoms with Gasteiger partial charge in [0.05, 0.1) is 5.75 Å². The monoisotopic (exact) mass is 248 g/mol. The summed E-state index contributed by atoms with van der Waals surface area (Å²) in [5.74, 6) is -0.518. The molecular weight excluding hydrogens is 228 g/mol. The van der Waals surface area contributed by atoms with E-state index in [1.165, 1.54) is 6.92 Å². The third-order valence-corrected chi connectivity index (χ3v) is 5.08. The van der Waals surface area contributed by atoms with Gasteiger partial charge >= 0.3 is 0 Å². The molecule has 0 radical (unpaired) electrons. The molecule has 0 aromatic rings. The zero-order valence-corrected chi connectivity index (χ0v) is 10.6. The van der Waals surface area contributed by atoms with Gasteiger partial charge in [0.1, 0.15) is 5.25 Å². The van der Waals surface area contributed by atoms with Crippen LogP contribution in [0.3, 0.4) is 0 Å². The lowest BCUT2D eigenvalue weighted by Gasteiger charge is -2.15. The highest BCUT2D eigenvalue weighted by Gasteiger charge is 2.32. The molecule has 0 aliphatic heterocycles. The SMILES string of the molecule is CC(CN)CS(=O)(=O)C(C)C(=O)NC1CC1. The average molecular weight is 248 g/mol. The summed E-state index contributed by atoms with van der Waals surface area (Å²) in [7, 11) is -3.38. The highest BCUT2D eigenvalue weighted by Crippen LogP contribution is 2.19. The third-order valence-electron chi connectivity index (χ3n) is 2.75. The van der Waals surface area contributed by atoms with E-state index in [1.807, 2.05) is 0 Å². The van der Waals surface area contributed by atoms with Gasteiger partial charge in [-0.15, -0.1) is 0 Å². The van der Waals surface area contributed by atoms with Crippen LogP contribution in [0.4, 0.5) is 0 Å². The first-order valence-corrected chi connectivity index (χ1v) is 7.30. The molecule has 0 aromatic carbocycles.